The van der Waals surface area contributed by atoms with Gasteiger partial charge in [0.25, 0.3) is 0 Å². The number of nitrogens with zero attached hydrogens (tertiary/aromatic N) is 2. The van der Waals surface area contributed by atoms with Gasteiger partial charge in [-0.2, -0.15) is 30.6 Å². The van der Waals surface area contributed by atoms with Gasteiger partial charge in [-0.15, -0.1) is 0 Å². The summed E-state index contributed by atoms with van der Waals surface area (Å²) in [4.78, 5) is 3.33. The summed E-state index contributed by atoms with van der Waals surface area (Å²) in [5, 5.41) is 0. The van der Waals surface area contributed by atoms with Gasteiger partial charge in [0, 0.05) is 12.3 Å². The van der Waals surface area contributed by atoms with Gasteiger partial charge in [0.1, 0.15) is 6.10 Å². The first kappa shape index (κ1) is 20.4. The second kappa shape index (κ2) is 6.92. The molecule has 0 N–H and O–H groups in total. The molecule has 152 valence electrons. The second-order valence-electron chi connectivity index (χ2n) is 5.96. The fourth-order valence-electron chi connectivity index (χ4n) is 2.46. The summed E-state index contributed by atoms with van der Waals surface area (Å²) in [5.41, 5.74) is -1.93. The molecule has 5 nitrogen and oxygen atoms in total. The lowest BCUT2D eigenvalue weighted by Crippen LogP contribution is -2.56. The number of benzene rings is 1. The van der Waals surface area contributed by atoms with Crippen LogP contribution in [0.3, 0.4) is 0 Å². The number of aromatic nitrogens is 1. The maximum absolute atomic E-state index is 12.7. The van der Waals surface area contributed by atoms with Gasteiger partial charge in [-0.3, -0.25) is 0 Å². The molecule has 1 aromatic carbocycles. The van der Waals surface area contributed by atoms with Gasteiger partial charge in [-0.1, -0.05) is 0 Å². The van der Waals surface area contributed by atoms with Crippen molar-refractivity contribution in [3.63, 3.8) is 0 Å². The van der Waals surface area contributed by atoms with E-state index in [0.717, 1.165) is 28.7 Å². The standard InChI is InChI=1S/C16H12F6N2O3S/c17-15(18,19)10-1-3-13(4-2-10)28(25,26)24-8-12(9-24)27-14-7-11(5-6-23-14)16(20,21)22/h1-7,12H,8-9H2. The molecule has 0 atom stereocenters. The van der Waals surface area contributed by atoms with Crippen molar-refractivity contribution in [3.05, 3.63) is 53.7 Å². The van der Waals surface area contributed by atoms with E-state index in [0.29, 0.717) is 18.2 Å². The molecule has 0 unspecified atom stereocenters. The molecule has 1 aliphatic heterocycles. The first-order valence-electron chi connectivity index (χ1n) is 7.75. The molecule has 0 aliphatic carbocycles. The number of sulfonamides is 1. The quantitative estimate of drug-likeness (QED) is 0.702. The fraction of sp³-hybridized carbons (Fsp3) is 0.312. The Bertz CT molecular complexity index is 952. The Morgan fingerprint density at radius 3 is 2.04 bits per heavy atom. The van der Waals surface area contributed by atoms with E-state index in [9.17, 15) is 34.8 Å². The van der Waals surface area contributed by atoms with E-state index in [1.54, 1.807) is 0 Å². The molecular weight excluding hydrogens is 414 g/mol. The van der Waals surface area contributed by atoms with Crippen LogP contribution in [0.15, 0.2) is 47.5 Å². The molecule has 0 amide bonds. The Labute approximate surface area is 155 Å². The zero-order valence-electron chi connectivity index (χ0n) is 13.8. The number of hydrogen-bond donors (Lipinski definition) is 0. The summed E-state index contributed by atoms with van der Waals surface area (Å²) in [6.45, 7) is -0.331. The number of alkyl halides is 6. The summed E-state index contributed by atoms with van der Waals surface area (Å²) >= 11 is 0. The van der Waals surface area contributed by atoms with Crippen molar-refractivity contribution >= 4 is 10.0 Å². The Morgan fingerprint density at radius 1 is 0.929 bits per heavy atom. The van der Waals surface area contributed by atoms with Crippen LogP contribution in [0.25, 0.3) is 0 Å². The van der Waals surface area contributed by atoms with E-state index in [-0.39, 0.29) is 23.9 Å². The predicted molar refractivity (Wildman–Crippen MR) is 83.9 cm³/mol. The molecule has 0 saturated carbocycles. The van der Waals surface area contributed by atoms with Crippen LogP contribution in [0.2, 0.25) is 0 Å². The third kappa shape index (κ3) is 4.22. The first-order valence-corrected chi connectivity index (χ1v) is 9.19. The van der Waals surface area contributed by atoms with Crippen molar-refractivity contribution in [2.24, 2.45) is 0 Å². The van der Waals surface area contributed by atoms with Crippen LogP contribution in [-0.4, -0.2) is 36.9 Å². The van der Waals surface area contributed by atoms with Crippen molar-refractivity contribution in [2.75, 3.05) is 13.1 Å². The van der Waals surface area contributed by atoms with Crippen molar-refractivity contribution in [3.8, 4) is 5.88 Å². The number of hydrogen-bond acceptors (Lipinski definition) is 4. The first-order chi connectivity index (χ1) is 12.9. The smallest absolute Gasteiger partial charge is 0.416 e. The van der Waals surface area contributed by atoms with E-state index in [4.69, 9.17) is 4.74 Å². The second-order valence-corrected chi connectivity index (χ2v) is 7.90. The number of rotatable bonds is 4. The predicted octanol–water partition coefficient (Wildman–Crippen LogP) is 3.57. The SMILES string of the molecule is O=S(=O)(c1ccc(C(F)(F)F)cc1)N1CC(Oc2cc(C(F)(F)F)ccn2)C1. The third-order valence-corrected chi connectivity index (χ3v) is 5.83. The molecule has 2 heterocycles. The van der Waals surface area contributed by atoms with Gasteiger partial charge in [0.2, 0.25) is 15.9 Å². The average Bonchev–Trinajstić information content (AvgIpc) is 2.56. The molecule has 28 heavy (non-hydrogen) atoms. The molecule has 1 fully saturated rings. The zero-order chi connectivity index (χ0) is 20.7. The molecule has 2 aromatic rings. The highest BCUT2D eigenvalue weighted by molar-refractivity contribution is 7.89. The van der Waals surface area contributed by atoms with Gasteiger partial charge in [0.05, 0.1) is 29.1 Å². The van der Waals surface area contributed by atoms with Crippen LogP contribution < -0.4 is 4.74 Å². The maximum Gasteiger partial charge on any atom is 0.416 e. The van der Waals surface area contributed by atoms with Crippen LogP contribution in [-0.2, 0) is 22.4 Å². The summed E-state index contributed by atoms with van der Waals surface area (Å²) < 4.78 is 107. The van der Waals surface area contributed by atoms with Gasteiger partial charge in [-0.25, -0.2) is 13.4 Å². The van der Waals surface area contributed by atoms with Crippen molar-refractivity contribution in [2.45, 2.75) is 23.4 Å². The summed E-state index contributed by atoms with van der Waals surface area (Å²) in [5.74, 6) is -0.300. The fourth-order valence-corrected chi connectivity index (χ4v) is 3.96. The Kier molecular flexibility index (Phi) is 5.04. The monoisotopic (exact) mass is 426 g/mol. The van der Waals surface area contributed by atoms with Crippen LogP contribution in [0, 0.1) is 0 Å². The van der Waals surface area contributed by atoms with Gasteiger partial charge >= 0.3 is 12.4 Å². The van der Waals surface area contributed by atoms with E-state index >= 15 is 0 Å². The minimum Gasteiger partial charge on any atom is -0.472 e. The van der Waals surface area contributed by atoms with Gasteiger partial charge < -0.3 is 4.74 Å². The normalized spacial score (nSPS) is 16.6. The number of halogens is 6. The average molecular weight is 426 g/mol. The summed E-state index contributed by atoms with van der Waals surface area (Å²) in [6, 6.07) is 4.49. The summed E-state index contributed by atoms with van der Waals surface area (Å²) in [7, 11) is -4.04. The molecule has 1 aliphatic rings. The molecule has 0 spiro atoms. The highest BCUT2D eigenvalue weighted by Gasteiger charge is 2.39. The van der Waals surface area contributed by atoms with Gasteiger partial charge in [0.15, 0.2) is 0 Å². The van der Waals surface area contributed by atoms with Crippen LogP contribution in [0.1, 0.15) is 11.1 Å². The largest absolute Gasteiger partial charge is 0.472 e. The lowest BCUT2D eigenvalue weighted by molar-refractivity contribution is -0.138. The molecule has 1 aromatic heterocycles. The number of ether oxygens (including phenoxy) is 1. The Balaban J connectivity index is 1.64. The number of pyridine rings is 1. The minimum atomic E-state index is -4.59. The van der Waals surface area contributed by atoms with Crippen molar-refractivity contribution < 1.29 is 39.5 Å². The third-order valence-electron chi connectivity index (χ3n) is 3.98. The summed E-state index contributed by atoms with van der Waals surface area (Å²) in [6.07, 6.45) is -8.96. The van der Waals surface area contributed by atoms with Crippen LogP contribution in [0.4, 0.5) is 26.3 Å². The molecular formula is C16H12F6N2O3S. The topological polar surface area (TPSA) is 59.5 Å². The van der Waals surface area contributed by atoms with Crippen LogP contribution in [0.5, 0.6) is 5.88 Å². The Morgan fingerprint density at radius 2 is 1.50 bits per heavy atom. The highest BCUT2D eigenvalue weighted by atomic mass is 32.2. The molecule has 12 heteroatoms. The van der Waals surface area contributed by atoms with E-state index in [1.165, 1.54) is 0 Å². The van der Waals surface area contributed by atoms with Gasteiger partial charge in [-0.05, 0) is 30.3 Å². The van der Waals surface area contributed by atoms with Crippen LogP contribution >= 0.6 is 0 Å². The molecule has 1 saturated heterocycles. The van der Waals surface area contributed by atoms with E-state index < -0.39 is 39.6 Å². The van der Waals surface area contributed by atoms with E-state index in [2.05, 4.69) is 4.98 Å². The zero-order valence-corrected chi connectivity index (χ0v) is 14.6. The van der Waals surface area contributed by atoms with E-state index in [1.807, 2.05) is 0 Å². The Hall–Kier alpha value is -2.34. The lowest BCUT2D eigenvalue weighted by atomic mass is 10.2. The molecule has 0 radical (unpaired) electrons. The molecule has 0 bridgehead atoms. The molecule has 3 rings (SSSR count). The van der Waals surface area contributed by atoms with Crippen molar-refractivity contribution in [1.29, 1.82) is 0 Å². The lowest BCUT2D eigenvalue weighted by Gasteiger charge is -2.37. The highest BCUT2D eigenvalue weighted by Crippen LogP contribution is 2.32. The van der Waals surface area contributed by atoms with Crippen molar-refractivity contribution in [1.82, 2.24) is 9.29 Å². The minimum absolute atomic E-state index is 0.165. The maximum atomic E-state index is 12.7.